The maximum Gasteiger partial charge on any atom is 0.344 e. The van der Waals surface area contributed by atoms with Crippen LogP contribution in [0.3, 0.4) is 0 Å². The third-order valence-electron chi connectivity index (χ3n) is 4.04. The maximum absolute atomic E-state index is 12.8. The molecule has 2 aromatic rings. The van der Waals surface area contributed by atoms with Crippen molar-refractivity contribution < 1.29 is 29.0 Å². The third-order valence-corrected chi connectivity index (χ3v) is 4.29. The highest BCUT2D eigenvalue weighted by Crippen LogP contribution is 2.24. The van der Waals surface area contributed by atoms with Crippen molar-refractivity contribution in [1.29, 1.82) is 0 Å². The molecule has 4 amide bonds. The maximum atomic E-state index is 12.8. The quantitative estimate of drug-likeness (QED) is 0.574. The number of carboxylic acid groups (broad SMARTS) is 1. The molecule has 0 saturated carbocycles. The van der Waals surface area contributed by atoms with E-state index in [0.29, 0.717) is 16.3 Å². The number of anilines is 1. The molecule has 0 spiro atoms. The Morgan fingerprint density at radius 2 is 1.72 bits per heavy atom. The summed E-state index contributed by atoms with van der Waals surface area (Å²) in [5.41, 5.74) is 0.526. The van der Waals surface area contributed by atoms with Crippen LogP contribution in [-0.2, 0) is 14.4 Å². The van der Waals surface area contributed by atoms with E-state index in [1.807, 2.05) is 0 Å². The van der Waals surface area contributed by atoms with Gasteiger partial charge in [0, 0.05) is 5.02 Å². The monoisotopic (exact) mass is 414 g/mol. The highest BCUT2D eigenvalue weighted by atomic mass is 35.5. The molecule has 0 aromatic heterocycles. The molecule has 0 radical (unpaired) electrons. The van der Waals surface area contributed by atoms with Crippen LogP contribution in [0.2, 0.25) is 5.02 Å². The number of aliphatic carboxylic acids is 1. The van der Waals surface area contributed by atoms with E-state index in [-0.39, 0.29) is 11.3 Å². The zero-order valence-electron chi connectivity index (χ0n) is 15.1. The first-order valence-corrected chi connectivity index (χ1v) is 8.80. The van der Waals surface area contributed by atoms with Crippen molar-refractivity contribution in [3.63, 3.8) is 0 Å². The van der Waals surface area contributed by atoms with Crippen LogP contribution in [0.5, 0.6) is 5.75 Å². The molecule has 9 heteroatoms. The highest BCUT2D eigenvalue weighted by molar-refractivity contribution is 6.39. The number of imide groups is 2. The zero-order valence-corrected chi connectivity index (χ0v) is 15.8. The number of benzene rings is 2. The minimum Gasteiger partial charge on any atom is -0.479 e. The van der Waals surface area contributed by atoms with Gasteiger partial charge in [-0.2, -0.15) is 0 Å². The number of ether oxygens (including phenoxy) is 1. The summed E-state index contributed by atoms with van der Waals surface area (Å²) < 4.78 is 5.23. The van der Waals surface area contributed by atoms with Crippen molar-refractivity contribution >= 4 is 47.2 Å². The van der Waals surface area contributed by atoms with Crippen LogP contribution in [0.25, 0.3) is 6.08 Å². The van der Waals surface area contributed by atoms with Gasteiger partial charge < -0.3 is 9.84 Å². The molecular weight excluding hydrogens is 400 g/mol. The number of hydrogen-bond acceptors (Lipinski definition) is 5. The largest absolute Gasteiger partial charge is 0.479 e. The van der Waals surface area contributed by atoms with Crippen LogP contribution in [0, 0.1) is 0 Å². The molecule has 0 bridgehead atoms. The van der Waals surface area contributed by atoms with Crippen molar-refractivity contribution in [3.05, 3.63) is 64.7 Å². The Morgan fingerprint density at radius 1 is 1.10 bits per heavy atom. The summed E-state index contributed by atoms with van der Waals surface area (Å²) in [6.45, 7) is 1.39. The molecular formula is C20H15ClN2O6. The molecule has 1 fully saturated rings. The molecule has 29 heavy (non-hydrogen) atoms. The molecule has 1 saturated heterocycles. The van der Waals surface area contributed by atoms with E-state index in [2.05, 4.69) is 5.32 Å². The van der Waals surface area contributed by atoms with Crippen molar-refractivity contribution in [2.45, 2.75) is 13.0 Å². The highest BCUT2D eigenvalue weighted by Gasteiger charge is 2.36. The molecule has 148 valence electrons. The number of amides is 4. The summed E-state index contributed by atoms with van der Waals surface area (Å²) in [6, 6.07) is 11.3. The average Bonchev–Trinajstić information content (AvgIpc) is 2.67. The second-order valence-corrected chi connectivity index (χ2v) is 6.54. The number of urea groups is 1. The molecule has 1 heterocycles. The molecule has 0 aliphatic carbocycles. The van der Waals surface area contributed by atoms with Gasteiger partial charge in [-0.15, -0.1) is 0 Å². The summed E-state index contributed by atoms with van der Waals surface area (Å²) in [7, 11) is 0. The smallest absolute Gasteiger partial charge is 0.344 e. The van der Waals surface area contributed by atoms with E-state index in [9.17, 15) is 19.2 Å². The number of carboxylic acids is 1. The normalized spacial score (nSPS) is 16.6. The summed E-state index contributed by atoms with van der Waals surface area (Å²) in [5, 5.41) is 11.4. The number of halogens is 1. The van der Waals surface area contributed by atoms with Gasteiger partial charge in [0.15, 0.2) is 6.10 Å². The fourth-order valence-corrected chi connectivity index (χ4v) is 2.67. The third kappa shape index (κ3) is 4.44. The number of nitrogens with one attached hydrogen (secondary N) is 1. The second-order valence-electron chi connectivity index (χ2n) is 6.10. The topological polar surface area (TPSA) is 113 Å². The van der Waals surface area contributed by atoms with E-state index >= 15 is 0 Å². The Morgan fingerprint density at radius 3 is 2.31 bits per heavy atom. The summed E-state index contributed by atoms with van der Waals surface area (Å²) in [5.74, 6) is -2.38. The SMILES string of the molecule is C[C@H](Oc1ccc(/C=C2\C(=O)NC(=O)N(c3ccc(Cl)cc3)C2=O)cc1)C(=O)O. The van der Waals surface area contributed by atoms with Gasteiger partial charge in [-0.25, -0.2) is 14.5 Å². The fraction of sp³-hybridized carbons (Fsp3) is 0.100. The zero-order chi connectivity index (χ0) is 21.1. The predicted octanol–water partition coefficient (Wildman–Crippen LogP) is 2.86. The lowest BCUT2D eigenvalue weighted by Gasteiger charge is -2.26. The number of nitrogens with zero attached hydrogens (tertiary/aromatic N) is 1. The Labute approximate surface area is 170 Å². The van der Waals surface area contributed by atoms with Crippen LogP contribution in [-0.4, -0.2) is 35.0 Å². The van der Waals surface area contributed by atoms with Gasteiger partial charge in [0.2, 0.25) is 0 Å². The first kappa shape index (κ1) is 20.1. The number of carbonyl (C=O) groups is 4. The lowest BCUT2D eigenvalue weighted by Crippen LogP contribution is -2.54. The van der Waals surface area contributed by atoms with E-state index in [1.54, 1.807) is 12.1 Å². The Balaban J connectivity index is 1.86. The summed E-state index contributed by atoms with van der Waals surface area (Å²) in [4.78, 5) is 48.8. The molecule has 1 aliphatic rings. The van der Waals surface area contributed by atoms with E-state index in [4.69, 9.17) is 21.4 Å². The van der Waals surface area contributed by atoms with E-state index in [1.165, 1.54) is 49.4 Å². The van der Waals surface area contributed by atoms with Gasteiger partial charge >= 0.3 is 12.0 Å². The van der Waals surface area contributed by atoms with Crippen molar-refractivity contribution in [1.82, 2.24) is 5.32 Å². The van der Waals surface area contributed by atoms with Crippen LogP contribution in [0.1, 0.15) is 12.5 Å². The predicted molar refractivity (Wildman–Crippen MR) is 105 cm³/mol. The minimum absolute atomic E-state index is 0.230. The summed E-state index contributed by atoms with van der Waals surface area (Å²) >= 11 is 5.83. The lowest BCUT2D eigenvalue weighted by atomic mass is 10.1. The summed E-state index contributed by atoms with van der Waals surface area (Å²) in [6.07, 6.45) is 0.307. The molecule has 2 N–H and O–H groups in total. The van der Waals surface area contributed by atoms with Crippen LogP contribution < -0.4 is 15.0 Å². The van der Waals surface area contributed by atoms with Crippen molar-refractivity contribution in [2.24, 2.45) is 0 Å². The van der Waals surface area contributed by atoms with E-state index < -0.39 is 29.9 Å². The second kappa shape index (κ2) is 8.15. The van der Waals surface area contributed by atoms with Crippen LogP contribution >= 0.6 is 11.6 Å². The standard InChI is InChI=1S/C20H15ClN2O6/c1-11(19(26)27)29-15-8-2-12(3-9-15)10-16-17(24)22-20(28)23(18(16)25)14-6-4-13(21)5-7-14/h2-11H,1H3,(H,26,27)(H,22,24,28)/b16-10+/t11-/m0/s1. The van der Waals surface area contributed by atoms with Gasteiger partial charge in [-0.3, -0.25) is 14.9 Å². The number of hydrogen-bond donors (Lipinski definition) is 2. The lowest BCUT2D eigenvalue weighted by molar-refractivity contribution is -0.144. The van der Waals surface area contributed by atoms with Crippen LogP contribution in [0.4, 0.5) is 10.5 Å². The van der Waals surface area contributed by atoms with E-state index in [0.717, 1.165) is 4.90 Å². The molecule has 0 unspecified atom stereocenters. The molecule has 1 atom stereocenters. The Hall–Kier alpha value is -3.65. The minimum atomic E-state index is -1.10. The number of barbiturate groups is 1. The van der Waals surface area contributed by atoms with Crippen molar-refractivity contribution in [3.8, 4) is 5.75 Å². The average molecular weight is 415 g/mol. The molecule has 1 aliphatic heterocycles. The fourth-order valence-electron chi connectivity index (χ4n) is 2.55. The van der Waals surface area contributed by atoms with Crippen molar-refractivity contribution in [2.75, 3.05) is 4.90 Å². The Bertz CT molecular complexity index is 1010. The van der Waals surface area contributed by atoms with Crippen LogP contribution in [0.15, 0.2) is 54.1 Å². The first-order valence-electron chi connectivity index (χ1n) is 8.43. The number of rotatable bonds is 5. The Kier molecular flexibility index (Phi) is 5.65. The molecule has 8 nitrogen and oxygen atoms in total. The molecule has 2 aromatic carbocycles. The first-order chi connectivity index (χ1) is 13.8. The van der Waals surface area contributed by atoms with Gasteiger partial charge in [0.25, 0.3) is 11.8 Å². The number of carbonyl (C=O) groups excluding carboxylic acids is 3. The van der Waals surface area contributed by atoms with Gasteiger partial charge in [0.05, 0.1) is 5.69 Å². The van der Waals surface area contributed by atoms with Gasteiger partial charge in [0.1, 0.15) is 11.3 Å². The molecule has 3 rings (SSSR count). The van der Waals surface area contributed by atoms with Gasteiger partial charge in [-0.05, 0) is 55.0 Å². The van der Waals surface area contributed by atoms with Gasteiger partial charge in [-0.1, -0.05) is 23.7 Å².